The average Bonchev–Trinajstić information content (AvgIpc) is 2.68. The van der Waals surface area contributed by atoms with Crippen LogP contribution in [0.3, 0.4) is 0 Å². The van der Waals surface area contributed by atoms with Crippen molar-refractivity contribution in [3.05, 3.63) is 91.0 Å². The molecule has 0 saturated carbocycles. The molecule has 4 heteroatoms. The minimum absolute atomic E-state index is 0.159. The number of esters is 1. The minimum atomic E-state index is -2.30. The van der Waals surface area contributed by atoms with Gasteiger partial charge in [-0.05, 0) is 22.8 Å². The standard InChI is InChI=1S/C21H18ClO2P/c22-17-24-21(23)16-25(18-10-4-1-5-11-18,19-12-6-2-7-13-19)20-14-8-3-9-15-20/h1-16H,17H2. The summed E-state index contributed by atoms with van der Waals surface area (Å²) < 4.78 is 5.06. The third-order valence-electron chi connectivity index (χ3n) is 3.99. The molecule has 3 aromatic rings. The zero-order chi connectivity index (χ0) is 17.5. The lowest BCUT2D eigenvalue weighted by atomic mass is 10.4. The number of benzene rings is 3. The van der Waals surface area contributed by atoms with Crippen LogP contribution in [0.15, 0.2) is 91.0 Å². The highest BCUT2D eigenvalue weighted by atomic mass is 35.5. The molecule has 0 aliphatic carbocycles. The van der Waals surface area contributed by atoms with E-state index in [-0.39, 0.29) is 6.07 Å². The van der Waals surface area contributed by atoms with E-state index < -0.39 is 12.9 Å². The van der Waals surface area contributed by atoms with E-state index in [1.165, 1.54) is 0 Å². The van der Waals surface area contributed by atoms with Gasteiger partial charge >= 0.3 is 5.97 Å². The third kappa shape index (κ3) is 3.71. The molecule has 3 aromatic carbocycles. The van der Waals surface area contributed by atoms with Crippen molar-refractivity contribution in [2.75, 3.05) is 6.07 Å². The zero-order valence-electron chi connectivity index (χ0n) is 13.6. The summed E-state index contributed by atoms with van der Waals surface area (Å²) in [4.78, 5) is 12.4. The summed E-state index contributed by atoms with van der Waals surface area (Å²) in [5.74, 6) is 1.31. The Hall–Kier alpha value is -2.28. The van der Waals surface area contributed by atoms with Gasteiger partial charge in [0, 0.05) is 5.80 Å². The van der Waals surface area contributed by atoms with Crippen molar-refractivity contribution in [3.63, 3.8) is 0 Å². The fraction of sp³-hybridized carbons (Fsp3) is 0.0476. The van der Waals surface area contributed by atoms with Crippen molar-refractivity contribution in [2.24, 2.45) is 0 Å². The van der Waals surface area contributed by atoms with E-state index in [1.54, 1.807) is 5.80 Å². The zero-order valence-corrected chi connectivity index (χ0v) is 15.2. The van der Waals surface area contributed by atoms with Crippen molar-refractivity contribution in [3.8, 4) is 0 Å². The molecule has 0 fully saturated rings. The highest BCUT2D eigenvalue weighted by Gasteiger charge is 2.26. The molecule has 0 aromatic heterocycles. The van der Waals surface area contributed by atoms with Gasteiger partial charge in [-0.15, -0.1) is 0 Å². The Kier molecular flexibility index (Phi) is 5.75. The largest absolute Gasteiger partial charge is 0.446 e. The van der Waals surface area contributed by atoms with E-state index in [9.17, 15) is 4.79 Å². The number of alkyl halides is 1. The lowest BCUT2D eigenvalue weighted by Crippen LogP contribution is -2.29. The highest BCUT2D eigenvalue weighted by molar-refractivity contribution is 7.95. The molecule has 3 rings (SSSR count). The summed E-state index contributed by atoms with van der Waals surface area (Å²) in [7, 11) is 0. The summed E-state index contributed by atoms with van der Waals surface area (Å²) in [5, 5.41) is 3.29. The van der Waals surface area contributed by atoms with Crippen molar-refractivity contribution >= 4 is 46.2 Å². The predicted octanol–water partition coefficient (Wildman–Crippen LogP) is 3.52. The van der Waals surface area contributed by atoms with Crippen molar-refractivity contribution in [1.82, 2.24) is 0 Å². The Labute approximate surface area is 153 Å². The van der Waals surface area contributed by atoms with Gasteiger partial charge in [0.2, 0.25) is 0 Å². The van der Waals surface area contributed by atoms with Crippen LogP contribution in [-0.4, -0.2) is 17.8 Å². The molecule has 0 bridgehead atoms. The molecule has 0 atom stereocenters. The fourth-order valence-electron chi connectivity index (χ4n) is 2.91. The molecule has 0 amide bonds. The van der Waals surface area contributed by atoms with Crippen molar-refractivity contribution in [2.45, 2.75) is 0 Å². The molecular weight excluding hydrogens is 351 g/mol. The topological polar surface area (TPSA) is 26.3 Å². The van der Waals surface area contributed by atoms with Crippen molar-refractivity contribution in [1.29, 1.82) is 0 Å². The smallest absolute Gasteiger partial charge is 0.333 e. The van der Waals surface area contributed by atoms with E-state index in [0.717, 1.165) is 15.9 Å². The van der Waals surface area contributed by atoms with E-state index in [1.807, 2.05) is 54.6 Å². The van der Waals surface area contributed by atoms with Gasteiger partial charge in [-0.3, -0.25) is 0 Å². The first kappa shape index (κ1) is 17.5. The molecule has 0 unspecified atom stereocenters. The molecule has 0 aliphatic heterocycles. The second-order valence-corrected chi connectivity index (χ2v) is 8.90. The Morgan fingerprint density at radius 2 is 1.12 bits per heavy atom. The molecule has 2 nitrogen and oxygen atoms in total. The number of hydrogen-bond acceptors (Lipinski definition) is 2. The molecule has 126 valence electrons. The van der Waals surface area contributed by atoms with Crippen LogP contribution in [0.5, 0.6) is 0 Å². The van der Waals surface area contributed by atoms with Crippen LogP contribution >= 0.6 is 18.5 Å². The normalized spacial score (nSPS) is 10.9. The van der Waals surface area contributed by atoms with E-state index in [2.05, 4.69) is 36.4 Å². The molecule has 0 heterocycles. The lowest BCUT2D eigenvalue weighted by molar-refractivity contribution is -0.132. The summed E-state index contributed by atoms with van der Waals surface area (Å²) in [5.41, 5.74) is 0. The number of rotatable bonds is 5. The molecule has 0 aliphatic rings. The van der Waals surface area contributed by atoms with Crippen LogP contribution in [0, 0.1) is 0 Å². The highest BCUT2D eigenvalue weighted by Crippen LogP contribution is 2.43. The van der Waals surface area contributed by atoms with Crippen LogP contribution in [0.1, 0.15) is 0 Å². The van der Waals surface area contributed by atoms with E-state index in [0.29, 0.717) is 0 Å². The first-order chi connectivity index (χ1) is 12.3. The van der Waals surface area contributed by atoms with Gasteiger partial charge in [0.05, 0.1) is 0 Å². The summed E-state index contributed by atoms with van der Waals surface area (Å²) in [6, 6.07) is 30.2. The third-order valence-corrected chi connectivity index (χ3v) is 8.03. The van der Waals surface area contributed by atoms with E-state index in [4.69, 9.17) is 16.3 Å². The maximum atomic E-state index is 12.4. The van der Waals surface area contributed by atoms with Gasteiger partial charge < -0.3 is 4.74 Å². The summed E-state index contributed by atoms with van der Waals surface area (Å²) >= 11 is 5.61. The second-order valence-electron chi connectivity index (χ2n) is 5.43. The quantitative estimate of drug-likeness (QED) is 0.391. The number of halogens is 1. The first-order valence-corrected chi connectivity index (χ1v) is 10.3. The second kappa shape index (κ2) is 8.20. The Balaban J connectivity index is 2.38. The summed E-state index contributed by atoms with van der Waals surface area (Å²) in [6.07, 6.45) is 0. The Morgan fingerprint density at radius 3 is 1.44 bits per heavy atom. The van der Waals surface area contributed by atoms with Crippen LogP contribution in [-0.2, 0) is 9.53 Å². The number of hydrogen-bond donors (Lipinski definition) is 0. The molecule has 0 N–H and O–H groups in total. The van der Waals surface area contributed by atoms with Gasteiger partial charge in [0.15, 0.2) is 6.07 Å². The van der Waals surface area contributed by atoms with Gasteiger partial charge in [0.25, 0.3) is 0 Å². The van der Waals surface area contributed by atoms with Gasteiger partial charge in [-0.1, -0.05) is 103 Å². The lowest BCUT2D eigenvalue weighted by Gasteiger charge is -2.28. The predicted molar refractivity (Wildman–Crippen MR) is 108 cm³/mol. The SMILES string of the molecule is O=C(C=P(c1ccccc1)(c1ccccc1)c1ccccc1)OCCl. The van der Waals surface area contributed by atoms with Gasteiger partial charge in [-0.2, -0.15) is 0 Å². The van der Waals surface area contributed by atoms with Crippen LogP contribution in [0.25, 0.3) is 0 Å². The molecular formula is C21H18ClO2P. The summed E-state index contributed by atoms with van der Waals surface area (Å²) in [6.45, 7) is -2.30. The molecule has 0 radical (unpaired) electrons. The number of carbonyl (C=O) groups is 1. The average molecular weight is 369 g/mol. The monoisotopic (exact) mass is 368 g/mol. The molecule has 0 spiro atoms. The maximum absolute atomic E-state index is 12.4. The minimum Gasteiger partial charge on any atom is -0.446 e. The van der Waals surface area contributed by atoms with Crippen molar-refractivity contribution < 1.29 is 9.53 Å². The fourth-order valence-corrected chi connectivity index (χ4v) is 6.68. The number of carbonyl (C=O) groups excluding carboxylic acids is 1. The van der Waals surface area contributed by atoms with E-state index >= 15 is 0 Å². The van der Waals surface area contributed by atoms with Crippen LogP contribution in [0.4, 0.5) is 0 Å². The maximum Gasteiger partial charge on any atom is 0.333 e. The number of ether oxygens (including phenoxy) is 1. The van der Waals surface area contributed by atoms with Gasteiger partial charge in [-0.25, -0.2) is 4.79 Å². The molecule has 0 saturated heterocycles. The molecule has 25 heavy (non-hydrogen) atoms. The van der Waals surface area contributed by atoms with Crippen LogP contribution in [0.2, 0.25) is 0 Å². The first-order valence-electron chi connectivity index (χ1n) is 7.91. The Morgan fingerprint density at radius 1 is 0.760 bits per heavy atom. The Bertz CT molecular complexity index is 774. The van der Waals surface area contributed by atoms with Gasteiger partial charge in [0.1, 0.15) is 0 Å². The van der Waals surface area contributed by atoms with Crippen LogP contribution < -0.4 is 15.9 Å².